The van der Waals surface area contributed by atoms with Crippen LogP contribution < -0.4 is 5.73 Å². The molecule has 0 radical (unpaired) electrons. The molecule has 0 amide bonds. The van der Waals surface area contributed by atoms with E-state index in [1.165, 1.54) is 13.4 Å². The molecule has 124 valence electrons. The Labute approximate surface area is 142 Å². The second kappa shape index (κ2) is 5.64. The van der Waals surface area contributed by atoms with Crippen molar-refractivity contribution in [1.82, 2.24) is 19.7 Å². The van der Waals surface area contributed by atoms with Crippen LogP contribution in [0.15, 0.2) is 23.8 Å². The molecule has 3 aromatic rings. The zero-order chi connectivity index (χ0) is 16.7. The topological polar surface area (TPSA) is 95.9 Å². The SMILES string of the molecule is COC(=O)c1cc(-c2ncnc3sccc23)nn1CC1(N)CCC1. The molecule has 1 saturated carbocycles. The van der Waals surface area contributed by atoms with Crippen LogP contribution in [-0.4, -0.2) is 38.4 Å². The largest absolute Gasteiger partial charge is 0.464 e. The van der Waals surface area contributed by atoms with E-state index in [9.17, 15) is 4.79 Å². The summed E-state index contributed by atoms with van der Waals surface area (Å²) in [5, 5.41) is 7.48. The Kier molecular flexibility index (Phi) is 3.58. The van der Waals surface area contributed by atoms with Crippen LogP contribution in [0.1, 0.15) is 29.8 Å². The van der Waals surface area contributed by atoms with Gasteiger partial charge < -0.3 is 10.5 Å². The molecule has 7 nitrogen and oxygen atoms in total. The first-order chi connectivity index (χ1) is 11.6. The van der Waals surface area contributed by atoms with E-state index in [4.69, 9.17) is 10.5 Å². The van der Waals surface area contributed by atoms with Crippen molar-refractivity contribution in [3.63, 3.8) is 0 Å². The van der Waals surface area contributed by atoms with Gasteiger partial charge in [0.25, 0.3) is 0 Å². The van der Waals surface area contributed by atoms with Gasteiger partial charge in [-0.25, -0.2) is 14.8 Å². The minimum Gasteiger partial charge on any atom is -0.464 e. The van der Waals surface area contributed by atoms with Crippen LogP contribution in [0.3, 0.4) is 0 Å². The van der Waals surface area contributed by atoms with Gasteiger partial charge in [-0.05, 0) is 30.7 Å². The number of ether oxygens (including phenoxy) is 1. The summed E-state index contributed by atoms with van der Waals surface area (Å²) in [6, 6.07) is 3.68. The van der Waals surface area contributed by atoms with Crippen molar-refractivity contribution in [1.29, 1.82) is 0 Å². The molecular formula is C16H17N5O2S. The lowest BCUT2D eigenvalue weighted by Crippen LogP contribution is -2.50. The average Bonchev–Trinajstić information content (AvgIpc) is 3.19. The first-order valence-electron chi connectivity index (χ1n) is 7.73. The summed E-state index contributed by atoms with van der Waals surface area (Å²) >= 11 is 1.54. The lowest BCUT2D eigenvalue weighted by molar-refractivity contribution is 0.0582. The molecule has 0 atom stereocenters. The zero-order valence-electron chi connectivity index (χ0n) is 13.2. The Hall–Kier alpha value is -2.32. The number of esters is 1. The monoisotopic (exact) mass is 343 g/mol. The van der Waals surface area contributed by atoms with E-state index in [-0.39, 0.29) is 5.54 Å². The van der Waals surface area contributed by atoms with Gasteiger partial charge in [0, 0.05) is 17.0 Å². The first kappa shape index (κ1) is 15.2. The molecule has 0 unspecified atom stereocenters. The summed E-state index contributed by atoms with van der Waals surface area (Å²) in [6.45, 7) is 0.495. The maximum Gasteiger partial charge on any atom is 0.356 e. The molecule has 4 rings (SSSR count). The van der Waals surface area contributed by atoms with Gasteiger partial charge >= 0.3 is 5.97 Å². The molecule has 2 N–H and O–H groups in total. The molecule has 1 aliphatic rings. The number of aromatic nitrogens is 4. The third-order valence-electron chi connectivity index (χ3n) is 4.49. The van der Waals surface area contributed by atoms with E-state index in [0.717, 1.165) is 29.5 Å². The number of fused-ring (bicyclic) bond motifs is 1. The first-order valence-corrected chi connectivity index (χ1v) is 8.61. The van der Waals surface area contributed by atoms with E-state index in [0.29, 0.717) is 23.6 Å². The maximum absolute atomic E-state index is 12.1. The van der Waals surface area contributed by atoms with Crippen LogP contribution in [0.4, 0.5) is 0 Å². The highest BCUT2D eigenvalue weighted by Gasteiger charge is 2.34. The number of hydrogen-bond acceptors (Lipinski definition) is 7. The molecular weight excluding hydrogens is 326 g/mol. The van der Waals surface area contributed by atoms with Crippen molar-refractivity contribution in [2.75, 3.05) is 7.11 Å². The second-order valence-electron chi connectivity index (χ2n) is 6.14. The van der Waals surface area contributed by atoms with Crippen LogP contribution in [0.2, 0.25) is 0 Å². The van der Waals surface area contributed by atoms with Gasteiger partial charge in [0.15, 0.2) is 0 Å². The average molecular weight is 343 g/mol. The molecule has 0 bridgehead atoms. The molecule has 24 heavy (non-hydrogen) atoms. The number of carbonyl (C=O) groups excluding carboxylic acids is 1. The third kappa shape index (κ3) is 2.47. The van der Waals surface area contributed by atoms with Crippen LogP contribution in [0.5, 0.6) is 0 Å². The molecule has 0 aliphatic heterocycles. The second-order valence-corrected chi connectivity index (χ2v) is 7.04. The Morgan fingerprint density at radius 2 is 2.29 bits per heavy atom. The number of methoxy groups -OCH3 is 1. The summed E-state index contributed by atoms with van der Waals surface area (Å²) in [5.74, 6) is -0.424. The number of nitrogens with zero attached hydrogens (tertiary/aromatic N) is 4. The fourth-order valence-corrected chi connectivity index (χ4v) is 3.74. The summed E-state index contributed by atoms with van der Waals surface area (Å²) in [4.78, 5) is 21.6. The minimum absolute atomic E-state index is 0.296. The number of thiophene rings is 1. The highest BCUT2D eigenvalue weighted by molar-refractivity contribution is 7.16. The predicted molar refractivity (Wildman–Crippen MR) is 90.7 cm³/mol. The van der Waals surface area contributed by atoms with E-state index >= 15 is 0 Å². The van der Waals surface area contributed by atoms with E-state index in [1.54, 1.807) is 22.1 Å². The summed E-state index contributed by atoms with van der Waals surface area (Å²) < 4.78 is 6.55. The Morgan fingerprint density at radius 1 is 1.46 bits per heavy atom. The smallest absolute Gasteiger partial charge is 0.356 e. The minimum atomic E-state index is -0.424. The normalized spacial score (nSPS) is 16.1. The molecule has 1 fully saturated rings. The van der Waals surface area contributed by atoms with Crippen LogP contribution in [-0.2, 0) is 11.3 Å². The van der Waals surface area contributed by atoms with Gasteiger partial charge in [-0.3, -0.25) is 4.68 Å². The van der Waals surface area contributed by atoms with Crippen molar-refractivity contribution in [2.45, 2.75) is 31.3 Å². The molecule has 0 spiro atoms. The fraction of sp³-hybridized carbons (Fsp3) is 0.375. The Morgan fingerprint density at radius 3 is 3.00 bits per heavy atom. The van der Waals surface area contributed by atoms with Gasteiger partial charge in [0.05, 0.1) is 13.7 Å². The number of hydrogen-bond donors (Lipinski definition) is 1. The Balaban J connectivity index is 1.80. The molecule has 3 aromatic heterocycles. The highest BCUT2D eigenvalue weighted by Crippen LogP contribution is 2.32. The summed E-state index contributed by atoms with van der Waals surface area (Å²) in [6.07, 6.45) is 4.50. The molecule has 8 heteroatoms. The van der Waals surface area contributed by atoms with E-state index in [1.807, 2.05) is 11.4 Å². The van der Waals surface area contributed by atoms with Gasteiger partial charge in [-0.15, -0.1) is 11.3 Å². The quantitative estimate of drug-likeness (QED) is 0.730. The van der Waals surface area contributed by atoms with Crippen LogP contribution in [0, 0.1) is 0 Å². The molecule has 0 saturated heterocycles. The number of nitrogens with two attached hydrogens (primary N) is 1. The zero-order valence-corrected chi connectivity index (χ0v) is 14.0. The van der Waals surface area contributed by atoms with Crippen LogP contribution >= 0.6 is 11.3 Å². The van der Waals surface area contributed by atoms with Crippen LogP contribution in [0.25, 0.3) is 21.6 Å². The standard InChI is InChI=1S/C16H17N5O2S/c1-23-15(22)12-7-11(20-21(12)8-16(17)4-2-5-16)13-10-3-6-24-14(10)19-9-18-13/h3,6-7,9H,2,4-5,8,17H2,1H3. The van der Waals surface area contributed by atoms with Crippen molar-refractivity contribution >= 4 is 27.5 Å². The third-order valence-corrected chi connectivity index (χ3v) is 5.31. The fourth-order valence-electron chi connectivity index (χ4n) is 3.00. The highest BCUT2D eigenvalue weighted by atomic mass is 32.1. The van der Waals surface area contributed by atoms with E-state index in [2.05, 4.69) is 15.1 Å². The van der Waals surface area contributed by atoms with Crippen molar-refractivity contribution in [3.05, 3.63) is 29.5 Å². The van der Waals surface area contributed by atoms with Gasteiger partial charge in [0.2, 0.25) is 0 Å². The molecule has 1 aliphatic carbocycles. The van der Waals surface area contributed by atoms with Gasteiger partial charge in [-0.2, -0.15) is 5.10 Å². The summed E-state index contributed by atoms with van der Waals surface area (Å²) in [5.41, 5.74) is 7.77. The Bertz CT molecular complexity index is 912. The lowest BCUT2D eigenvalue weighted by Gasteiger charge is -2.38. The number of rotatable bonds is 4. The molecule has 0 aromatic carbocycles. The van der Waals surface area contributed by atoms with Crippen molar-refractivity contribution in [2.24, 2.45) is 5.73 Å². The van der Waals surface area contributed by atoms with Gasteiger partial charge in [-0.1, -0.05) is 0 Å². The predicted octanol–water partition coefficient (Wildman–Crippen LogP) is 2.22. The lowest BCUT2D eigenvalue weighted by atomic mass is 9.78. The van der Waals surface area contributed by atoms with Crippen molar-refractivity contribution in [3.8, 4) is 11.4 Å². The maximum atomic E-state index is 12.1. The number of carbonyl (C=O) groups is 1. The van der Waals surface area contributed by atoms with Gasteiger partial charge in [0.1, 0.15) is 28.2 Å². The van der Waals surface area contributed by atoms with E-state index < -0.39 is 5.97 Å². The molecule has 3 heterocycles. The summed E-state index contributed by atoms with van der Waals surface area (Å²) in [7, 11) is 1.36. The van der Waals surface area contributed by atoms with Crippen molar-refractivity contribution < 1.29 is 9.53 Å².